The van der Waals surface area contributed by atoms with Crippen molar-refractivity contribution in [2.45, 2.75) is 18.6 Å². The number of amides is 1. The summed E-state index contributed by atoms with van der Waals surface area (Å²) in [5.41, 5.74) is 5.07. The van der Waals surface area contributed by atoms with E-state index >= 15 is 0 Å². The van der Waals surface area contributed by atoms with Crippen LogP contribution in [0.2, 0.25) is 0 Å². The van der Waals surface area contributed by atoms with Crippen LogP contribution in [0.25, 0.3) is 0 Å². The number of benzene rings is 1. The van der Waals surface area contributed by atoms with Gasteiger partial charge in [-0.2, -0.15) is 0 Å². The Balaban J connectivity index is 2.75. The number of rotatable bonds is 4. The molecule has 0 aromatic heterocycles. The Labute approximate surface area is 86.1 Å². The predicted molar refractivity (Wildman–Crippen MR) is 51.2 cm³/mol. The molecule has 5 heteroatoms. The molecule has 0 aliphatic carbocycles. The van der Waals surface area contributed by atoms with Crippen LogP contribution in [0.3, 0.4) is 0 Å². The molecule has 0 radical (unpaired) electrons. The van der Waals surface area contributed by atoms with Gasteiger partial charge in [-0.15, -0.1) is 0 Å². The van der Waals surface area contributed by atoms with E-state index in [2.05, 4.69) is 0 Å². The first-order valence-corrected chi connectivity index (χ1v) is 4.40. The molecular formula is C10H12FNO3. The lowest BCUT2D eigenvalue weighted by Crippen LogP contribution is -2.25. The minimum Gasteiger partial charge on any atom is -0.390 e. The monoisotopic (exact) mass is 213 g/mol. The zero-order valence-electron chi connectivity index (χ0n) is 7.93. The Morgan fingerprint density at radius 2 is 2.13 bits per heavy atom. The normalized spacial score (nSPS) is 14.6. The van der Waals surface area contributed by atoms with Crippen molar-refractivity contribution in [3.8, 4) is 0 Å². The molecule has 0 aliphatic heterocycles. The van der Waals surface area contributed by atoms with Crippen LogP contribution < -0.4 is 5.73 Å². The van der Waals surface area contributed by atoms with Crippen molar-refractivity contribution < 1.29 is 19.4 Å². The van der Waals surface area contributed by atoms with E-state index in [0.717, 1.165) is 6.07 Å². The quantitative estimate of drug-likeness (QED) is 0.663. The van der Waals surface area contributed by atoms with E-state index in [1.54, 1.807) is 0 Å². The maximum Gasteiger partial charge on any atom is 0.220 e. The highest BCUT2D eigenvalue weighted by Gasteiger charge is 2.20. The lowest BCUT2D eigenvalue weighted by atomic mass is 10.0. The third-order valence-corrected chi connectivity index (χ3v) is 1.96. The van der Waals surface area contributed by atoms with Crippen LogP contribution in [0.15, 0.2) is 24.3 Å². The molecule has 1 amide bonds. The van der Waals surface area contributed by atoms with Crippen molar-refractivity contribution in [1.82, 2.24) is 0 Å². The summed E-state index contributed by atoms with van der Waals surface area (Å²) in [6.07, 6.45) is -2.99. The van der Waals surface area contributed by atoms with Gasteiger partial charge < -0.3 is 15.9 Å². The van der Waals surface area contributed by atoms with Crippen LogP contribution >= 0.6 is 0 Å². The van der Waals surface area contributed by atoms with Gasteiger partial charge in [0, 0.05) is 0 Å². The van der Waals surface area contributed by atoms with Crippen LogP contribution in [0.1, 0.15) is 18.1 Å². The van der Waals surface area contributed by atoms with E-state index in [0.29, 0.717) is 0 Å². The van der Waals surface area contributed by atoms with Gasteiger partial charge in [0.15, 0.2) is 0 Å². The Morgan fingerprint density at radius 3 is 2.67 bits per heavy atom. The number of nitrogens with two attached hydrogens (primary N) is 1. The summed E-state index contributed by atoms with van der Waals surface area (Å²) in [7, 11) is 0. The molecule has 1 aromatic rings. The summed E-state index contributed by atoms with van der Waals surface area (Å²) >= 11 is 0. The van der Waals surface area contributed by atoms with Crippen LogP contribution in [0, 0.1) is 5.82 Å². The van der Waals surface area contributed by atoms with Gasteiger partial charge in [0.1, 0.15) is 11.9 Å². The second kappa shape index (κ2) is 4.86. The minimum atomic E-state index is -1.32. The van der Waals surface area contributed by atoms with Gasteiger partial charge in [0.25, 0.3) is 0 Å². The molecule has 4 nitrogen and oxygen atoms in total. The number of aliphatic hydroxyl groups is 2. The fraction of sp³-hybridized carbons (Fsp3) is 0.300. The van der Waals surface area contributed by atoms with Crippen molar-refractivity contribution >= 4 is 5.91 Å². The van der Waals surface area contributed by atoms with Crippen molar-refractivity contribution in [3.05, 3.63) is 35.6 Å². The van der Waals surface area contributed by atoms with E-state index < -0.39 is 23.9 Å². The average Bonchev–Trinajstić information content (AvgIpc) is 2.15. The molecule has 0 spiro atoms. The van der Waals surface area contributed by atoms with E-state index in [9.17, 15) is 19.4 Å². The lowest BCUT2D eigenvalue weighted by Gasteiger charge is -2.16. The van der Waals surface area contributed by atoms with Gasteiger partial charge in [0.2, 0.25) is 5.91 Å². The summed E-state index contributed by atoms with van der Waals surface area (Å²) in [6.45, 7) is 0. The van der Waals surface area contributed by atoms with Crippen LogP contribution in [-0.4, -0.2) is 22.2 Å². The lowest BCUT2D eigenvalue weighted by molar-refractivity contribution is -0.121. The number of primary amides is 1. The molecule has 82 valence electrons. The zero-order valence-corrected chi connectivity index (χ0v) is 7.93. The largest absolute Gasteiger partial charge is 0.390 e. The summed E-state index contributed by atoms with van der Waals surface area (Å²) in [6, 6.07) is 5.17. The highest BCUT2D eigenvalue weighted by Crippen LogP contribution is 2.19. The smallest absolute Gasteiger partial charge is 0.220 e. The minimum absolute atomic E-state index is 0.212. The summed E-state index contributed by atoms with van der Waals surface area (Å²) in [5.74, 6) is -1.24. The molecule has 15 heavy (non-hydrogen) atoms. The summed E-state index contributed by atoms with van der Waals surface area (Å²) in [4.78, 5) is 10.5. The number of hydrogen-bond acceptors (Lipinski definition) is 3. The maximum absolute atomic E-state index is 12.8. The standard InChI is InChI=1S/C10H12FNO3/c11-7-3-1-2-6(4-7)10(15)8(13)5-9(12)14/h1-4,8,10,13,15H,5H2,(H2,12,14). The van der Waals surface area contributed by atoms with Gasteiger partial charge in [-0.25, -0.2) is 4.39 Å². The molecule has 1 rings (SSSR count). The number of halogens is 1. The van der Waals surface area contributed by atoms with E-state index in [4.69, 9.17) is 5.73 Å². The second-order valence-corrected chi connectivity index (χ2v) is 3.24. The molecule has 0 aliphatic rings. The average molecular weight is 213 g/mol. The Bertz CT molecular complexity index is 356. The molecule has 2 unspecified atom stereocenters. The van der Waals surface area contributed by atoms with Crippen LogP contribution in [-0.2, 0) is 4.79 Å². The molecule has 1 aromatic carbocycles. The number of aliphatic hydroxyl groups excluding tert-OH is 2. The molecule has 0 heterocycles. The first-order valence-electron chi connectivity index (χ1n) is 4.40. The summed E-state index contributed by atoms with van der Waals surface area (Å²) in [5, 5.41) is 18.9. The van der Waals surface area contributed by atoms with E-state index in [1.165, 1.54) is 18.2 Å². The maximum atomic E-state index is 12.8. The summed E-state index contributed by atoms with van der Waals surface area (Å²) < 4.78 is 12.8. The molecule has 0 saturated carbocycles. The predicted octanol–water partition coefficient (Wildman–Crippen LogP) is 0.0954. The number of hydrogen-bond donors (Lipinski definition) is 3. The number of carbonyl (C=O) groups excluding carboxylic acids is 1. The highest BCUT2D eigenvalue weighted by molar-refractivity contribution is 5.74. The molecule has 2 atom stereocenters. The van der Waals surface area contributed by atoms with Gasteiger partial charge >= 0.3 is 0 Å². The Kier molecular flexibility index (Phi) is 3.76. The van der Waals surface area contributed by atoms with Crippen LogP contribution in [0.4, 0.5) is 4.39 Å². The first-order chi connectivity index (χ1) is 7.00. The number of carbonyl (C=O) groups is 1. The van der Waals surface area contributed by atoms with Gasteiger partial charge in [-0.05, 0) is 17.7 Å². The van der Waals surface area contributed by atoms with Crippen molar-refractivity contribution in [1.29, 1.82) is 0 Å². The molecule has 0 bridgehead atoms. The van der Waals surface area contributed by atoms with Gasteiger partial charge in [-0.3, -0.25) is 4.79 Å². The molecular weight excluding hydrogens is 201 g/mol. The van der Waals surface area contributed by atoms with E-state index in [1.807, 2.05) is 0 Å². The van der Waals surface area contributed by atoms with Crippen molar-refractivity contribution in [2.24, 2.45) is 5.73 Å². The molecule has 4 N–H and O–H groups in total. The van der Waals surface area contributed by atoms with E-state index in [-0.39, 0.29) is 12.0 Å². The molecule has 0 saturated heterocycles. The Morgan fingerprint density at radius 1 is 1.47 bits per heavy atom. The topological polar surface area (TPSA) is 83.6 Å². The zero-order chi connectivity index (χ0) is 11.4. The fourth-order valence-corrected chi connectivity index (χ4v) is 1.23. The third-order valence-electron chi connectivity index (χ3n) is 1.96. The van der Waals surface area contributed by atoms with Gasteiger partial charge in [0.05, 0.1) is 12.5 Å². The van der Waals surface area contributed by atoms with Crippen molar-refractivity contribution in [2.75, 3.05) is 0 Å². The third kappa shape index (κ3) is 3.30. The van der Waals surface area contributed by atoms with Crippen LogP contribution in [0.5, 0.6) is 0 Å². The fourth-order valence-electron chi connectivity index (χ4n) is 1.23. The highest BCUT2D eigenvalue weighted by atomic mass is 19.1. The van der Waals surface area contributed by atoms with Gasteiger partial charge in [-0.1, -0.05) is 12.1 Å². The molecule has 0 fully saturated rings. The SMILES string of the molecule is NC(=O)CC(O)C(O)c1cccc(F)c1. The second-order valence-electron chi connectivity index (χ2n) is 3.24. The Hall–Kier alpha value is -1.46. The van der Waals surface area contributed by atoms with Crippen molar-refractivity contribution in [3.63, 3.8) is 0 Å². The first kappa shape index (κ1) is 11.6.